The second-order valence-electron chi connectivity index (χ2n) is 6.24. The zero-order valence-corrected chi connectivity index (χ0v) is 16.5. The zero-order chi connectivity index (χ0) is 21.7. The minimum absolute atomic E-state index is 0.171. The molecule has 0 saturated carbocycles. The molecular weight excluding hydrogens is 385 g/mol. The molecule has 0 aliphatic rings. The van der Waals surface area contributed by atoms with Gasteiger partial charge in [-0.05, 0) is 37.3 Å². The minimum atomic E-state index is -0.614. The minimum Gasteiger partial charge on any atom is -0.355 e. The zero-order valence-electron chi connectivity index (χ0n) is 16.5. The van der Waals surface area contributed by atoms with Gasteiger partial charge in [0.1, 0.15) is 23.6 Å². The number of nitrogens with zero attached hydrogens (tertiary/aromatic N) is 2. The number of anilines is 2. The number of hydrogen-bond donors (Lipinski definition) is 3. The van der Waals surface area contributed by atoms with Gasteiger partial charge in [-0.1, -0.05) is 18.7 Å². The SMILES string of the molecule is C=C/C(F)=C\C(=C/C)C(=O)c1c[nH]c2ncnc(Nc3cccc(C(=O)NC)c3)c12. The first-order valence-electron chi connectivity index (χ1n) is 9.10. The standard InChI is InChI=1S/C22H20FN5O2/c1-4-13(9-15(23)5-2)19(29)17-11-25-20-18(17)21(27-12-26-20)28-16-8-6-7-14(10-16)22(30)24-3/h4-12H,2H2,1,3H3,(H,24,30)(H2,25,26,27,28)/b13-4+,15-9+. The molecular formula is C22H20FN5O2. The maximum Gasteiger partial charge on any atom is 0.251 e. The van der Waals surface area contributed by atoms with Crippen LogP contribution in [-0.4, -0.2) is 33.7 Å². The molecule has 7 nitrogen and oxygen atoms in total. The van der Waals surface area contributed by atoms with Gasteiger partial charge in [0, 0.05) is 30.1 Å². The monoisotopic (exact) mass is 405 g/mol. The van der Waals surface area contributed by atoms with Crippen LogP contribution in [0.4, 0.5) is 15.9 Å². The predicted octanol–water partition coefficient (Wildman–Crippen LogP) is 4.23. The lowest BCUT2D eigenvalue weighted by molar-refractivity contribution is 0.0962. The number of carbonyl (C=O) groups excluding carboxylic acids is 2. The highest BCUT2D eigenvalue weighted by molar-refractivity contribution is 6.19. The van der Waals surface area contributed by atoms with Gasteiger partial charge < -0.3 is 15.6 Å². The number of amides is 1. The van der Waals surface area contributed by atoms with Crippen LogP contribution in [0, 0.1) is 0 Å². The number of allylic oxidation sites excluding steroid dienone is 5. The third-order valence-electron chi connectivity index (χ3n) is 4.39. The van der Waals surface area contributed by atoms with Gasteiger partial charge in [-0.3, -0.25) is 9.59 Å². The Morgan fingerprint density at radius 2 is 2.07 bits per heavy atom. The van der Waals surface area contributed by atoms with Gasteiger partial charge in [-0.2, -0.15) is 0 Å². The maximum atomic E-state index is 13.7. The predicted molar refractivity (Wildman–Crippen MR) is 114 cm³/mol. The van der Waals surface area contributed by atoms with Crippen LogP contribution in [0.15, 0.2) is 73.0 Å². The van der Waals surface area contributed by atoms with Gasteiger partial charge in [0.2, 0.25) is 0 Å². The Morgan fingerprint density at radius 1 is 1.27 bits per heavy atom. The van der Waals surface area contributed by atoms with Crippen molar-refractivity contribution in [2.45, 2.75) is 6.92 Å². The molecule has 3 rings (SSSR count). The summed E-state index contributed by atoms with van der Waals surface area (Å²) in [5.41, 5.74) is 1.99. The van der Waals surface area contributed by atoms with Gasteiger partial charge in [-0.25, -0.2) is 14.4 Å². The summed E-state index contributed by atoms with van der Waals surface area (Å²) in [7, 11) is 1.55. The number of nitrogens with one attached hydrogen (secondary N) is 3. The molecule has 0 aliphatic heterocycles. The summed E-state index contributed by atoms with van der Waals surface area (Å²) in [6.45, 7) is 5.01. The van der Waals surface area contributed by atoms with Crippen LogP contribution in [0.2, 0.25) is 0 Å². The van der Waals surface area contributed by atoms with E-state index in [2.05, 4.69) is 32.2 Å². The highest BCUT2D eigenvalue weighted by Gasteiger charge is 2.19. The second-order valence-corrected chi connectivity index (χ2v) is 6.24. The van der Waals surface area contributed by atoms with E-state index in [4.69, 9.17) is 0 Å². The van der Waals surface area contributed by atoms with Crippen LogP contribution >= 0.6 is 0 Å². The first-order valence-corrected chi connectivity index (χ1v) is 9.10. The van der Waals surface area contributed by atoms with Crippen molar-refractivity contribution in [1.82, 2.24) is 20.3 Å². The molecule has 2 aromatic heterocycles. The number of H-pyrrole nitrogens is 1. The molecule has 0 unspecified atom stereocenters. The molecule has 1 amide bonds. The molecule has 30 heavy (non-hydrogen) atoms. The first-order chi connectivity index (χ1) is 14.5. The largest absolute Gasteiger partial charge is 0.355 e. The van der Waals surface area contributed by atoms with E-state index in [0.29, 0.717) is 28.1 Å². The average Bonchev–Trinajstić information content (AvgIpc) is 3.21. The van der Waals surface area contributed by atoms with Crippen molar-refractivity contribution < 1.29 is 14.0 Å². The molecule has 1 aromatic carbocycles. The molecule has 0 fully saturated rings. The molecule has 0 atom stereocenters. The number of aromatic amines is 1. The number of aromatic nitrogens is 3. The van der Waals surface area contributed by atoms with Crippen LogP contribution in [0.5, 0.6) is 0 Å². The van der Waals surface area contributed by atoms with Gasteiger partial charge in [0.05, 0.1) is 10.9 Å². The first kappa shape index (κ1) is 20.7. The maximum absolute atomic E-state index is 13.7. The molecule has 0 aliphatic carbocycles. The number of carbonyl (C=O) groups is 2. The van der Waals surface area contributed by atoms with Crippen LogP contribution in [0.3, 0.4) is 0 Å². The number of ketones is 1. The summed E-state index contributed by atoms with van der Waals surface area (Å²) in [6.07, 6.45) is 6.54. The Bertz CT molecular complexity index is 1190. The van der Waals surface area contributed by atoms with E-state index in [1.807, 2.05) is 0 Å². The van der Waals surface area contributed by atoms with E-state index in [-0.39, 0.29) is 17.0 Å². The fourth-order valence-corrected chi connectivity index (χ4v) is 2.90. The van der Waals surface area contributed by atoms with E-state index in [1.54, 1.807) is 38.2 Å². The van der Waals surface area contributed by atoms with Crippen LogP contribution in [0.1, 0.15) is 27.6 Å². The molecule has 2 heterocycles. The van der Waals surface area contributed by atoms with Crippen molar-refractivity contribution in [3.05, 3.63) is 84.1 Å². The molecule has 152 valence electrons. The molecule has 8 heteroatoms. The molecule has 0 saturated heterocycles. The lowest BCUT2D eigenvalue weighted by atomic mass is 10.0. The van der Waals surface area contributed by atoms with E-state index in [9.17, 15) is 14.0 Å². The van der Waals surface area contributed by atoms with E-state index in [1.165, 1.54) is 18.6 Å². The van der Waals surface area contributed by atoms with Crippen molar-refractivity contribution in [3.8, 4) is 0 Å². The topological polar surface area (TPSA) is 99.8 Å². The summed E-state index contributed by atoms with van der Waals surface area (Å²) < 4.78 is 13.7. The number of benzene rings is 1. The van der Waals surface area contributed by atoms with Crippen LogP contribution < -0.4 is 10.6 Å². The fraction of sp³-hybridized carbons (Fsp3) is 0.0909. The van der Waals surface area contributed by atoms with Crippen molar-refractivity contribution in [3.63, 3.8) is 0 Å². The fourth-order valence-electron chi connectivity index (χ4n) is 2.90. The van der Waals surface area contributed by atoms with E-state index >= 15 is 0 Å². The van der Waals surface area contributed by atoms with Gasteiger partial charge in [-0.15, -0.1) is 0 Å². The summed E-state index contributed by atoms with van der Waals surface area (Å²) >= 11 is 0. The molecule has 0 spiro atoms. The third-order valence-corrected chi connectivity index (χ3v) is 4.39. The van der Waals surface area contributed by atoms with Crippen molar-refractivity contribution in [1.29, 1.82) is 0 Å². The second kappa shape index (κ2) is 8.95. The number of fused-ring (bicyclic) bond motifs is 1. The van der Waals surface area contributed by atoms with Gasteiger partial charge >= 0.3 is 0 Å². The Kier molecular flexibility index (Phi) is 6.17. The van der Waals surface area contributed by atoms with Gasteiger partial charge in [0.15, 0.2) is 5.78 Å². The molecule has 3 aromatic rings. The normalized spacial score (nSPS) is 12.0. The van der Waals surface area contributed by atoms with Crippen molar-refractivity contribution >= 4 is 34.2 Å². The highest BCUT2D eigenvalue weighted by atomic mass is 19.1. The quantitative estimate of drug-likeness (QED) is 0.310. The van der Waals surface area contributed by atoms with E-state index in [0.717, 1.165) is 12.2 Å². The lowest BCUT2D eigenvalue weighted by Crippen LogP contribution is -2.17. The number of rotatable bonds is 7. The Hall–Kier alpha value is -4.07. The Balaban J connectivity index is 2.04. The molecule has 3 N–H and O–H groups in total. The van der Waals surface area contributed by atoms with E-state index < -0.39 is 11.6 Å². The smallest absolute Gasteiger partial charge is 0.251 e. The van der Waals surface area contributed by atoms with Crippen LogP contribution in [-0.2, 0) is 0 Å². The number of hydrogen-bond acceptors (Lipinski definition) is 5. The summed E-state index contributed by atoms with van der Waals surface area (Å²) in [5, 5.41) is 6.16. The lowest BCUT2D eigenvalue weighted by Gasteiger charge is -2.09. The average molecular weight is 405 g/mol. The Morgan fingerprint density at radius 3 is 2.77 bits per heavy atom. The summed E-state index contributed by atoms with van der Waals surface area (Å²) in [4.78, 5) is 36.3. The number of halogens is 1. The number of Topliss-reactive ketones (excluding diaryl/α,β-unsaturated/α-hetero) is 1. The Labute approximate surface area is 172 Å². The van der Waals surface area contributed by atoms with Gasteiger partial charge in [0.25, 0.3) is 5.91 Å². The summed E-state index contributed by atoms with van der Waals surface area (Å²) in [6, 6.07) is 6.85. The summed E-state index contributed by atoms with van der Waals surface area (Å²) in [5.74, 6) is -0.852. The van der Waals surface area contributed by atoms with Crippen molar-refractivity contribution in [2.75, 3.05) is 12.4 Å². The third kappa shape index (κ3) is 4.17. The van der Waals surface area contributed by atoms with Crippen LogP contribution in [0.25, 0.3) is 11.0 Å². The van der Waals surface area contributed by atoms with Crippen molar-refractivity contribution in [2.24, 2.45) is 0 Å². The molecule has 0 bridgehead atoms. The highest BCUT2D eigenvalue weighted by Crippen LogP contribution is 2.28. The molecule has 0 radical (unpaired) electrons.